The molecule has 0 fully saturated rings. The van der Waals surface area contributed by atoms with Crippen LogP contribution in [-0.2, 0) is 17.9 Å². The lowest BCUT2D eigenvalue weighted by Gasteiger charge is -2.22. The molecule has 0 N–H and O–H groups in total. The van der Waals surface area contributed by atoms with E-state index in [1.807, 2.05) is 36.1 Å². The van der Waals surface area contributed by atoms with Crippen LogP contribution in [0.5, 0.6) is 0 Å². The van der Waals surface area contributed by atoms with Crippen molar-refractivity contribution >= 4 is 5.91 Å². The Labute approximate surface area is 113 Å². The number of pyridine rings is 2. The monoisotopic (exact) mass is 255 g/mol. The van der Waals surface area contributed by atoms with Gasteiger partial charge in [0.05, 0.1) is 0 Å². The standard InChI is InChI=1S/C15H17N3O/c1-2-15(19)18(11-13-5-3-7-16-9-13)12-14-6-4-8-17-10-14/h3-10H,2,11-12H2,1H3. The summed E-state index contributed by atoms with van der Waals surface area (Å²) in [5.74, 6) is 0.132. The summed E-state index contributed by atoms with van der Waals surface area (Å²) in [6.07, 6.45) is 7.55. The molecule has 0 aliphatic carbocycles. The molecule has 0 saturated carbocycles. The fourth-order valence-corrected chi connectivity index (χ4v) is 1.88. The fraction of sp³-hybridized carbons (Fsp3) is 0.267. The van der Waals surface area contributed by atoms with E-state index in [0.29, 0.717) is 19.5 Å². The molecule has 2 heterocycles. The zero-order valence-electron chi connectivity index (χ0n) is 11.0. The number of carbonyl (C=O) groups is 1. The number of hydrogen-bond donors (Lipinski definition) is 0. The van der Waals surface area contributed by atoms with Crippen LogP contribution in [0.1, 0.15) is 24.5 Å². The second kappa shape index (κ2) is 6.64. The molecule has 0 bridgehead atoms. The molecule has 0 aliphatic rings. The van der Waals surface area contributed by atoms with Crippen molar-refractivity contribution in [2.24, 2.45) is 0 Å². The van der Waals surface area contributed by atoms with E-state index in [4.69, 9.17) is 0 Å². The van der Waals surface area contributed by atoms with Gasteiger partial charge in [0.2, 0.25) is 5.91 Å². The van der Waals surface area contributed by atoms with Crippen LogP contribution < -0.4 is 0 Å². The van der Waals surface area contributed by atoms with E-state index < -0.39 is 0 Å². The second-order valence-corrected chi connectivity index (χ2v) is 4.33. The van der Waals surface area contributed by atoms with Crippen molar-refractivity contribution in [2.75, 3.05) is 0 Å². The van der Waals surface area contributed by atoms with Gasteiger partial charge in [-0.2, -0.15) is 0 Å². The fourth-order valence-electron chi connectivity index (χ4n) is 1.88. The Balaban J connectivity index is 2.10. The van der Waals surface area contributed by atoms with E-state index in [1.165, 1.54) is 0 Å². The molecule has 19 heavy (non-hydrogen) atoms. The molecule has 0 spiro atoms. The minimum absolute atomic E-state index is 0.132. The van der Waals surface area contributed by atoms with E-state index in [2.05, 4.69) is 9.97 Å². The molecule has 0 unspecified atom stereocenters. The largest absolute Gasteiger partial charge is 0.334 e. The summed E-state index contributed by atoms with van der Waals surface area (Å²) in [7, 11) is 0. The van der Waals surface area contributed by atoms with Crippen molar-refractivity contribution in [3.05, 3.63) is 60.2 Å². The highest BCUT2D eigenvalue weighted by molar-refractivity contribution is 5.75. The van der Waals surface area contributed by atoms with Crippen molar-refractivity contribution in [1.82, 2.24) is 14.9 Å². The predicted molar refractivity (Wildman–Crippen MR) is 73.0 cm³/mol. The lowest BCUT2D eigenvalue weighted by atomic mass is 10.2. The molecule has 98 valence electrons. The normalized spacial score (nSPS) is 10.2. The van der Waals surface area contributed by atoms with E-state index in [0.717, 1.165) is 11.1 Å². The molecule has 0 saturated heterocycles. The van der Waals surface area contributed by atoms with Crippen molar-refractivity contribution in [2.45, 2.75) is 26.4 Å². The first-order chi connectivity index (χ1) is 9.29. The van der Waals surface area contributed by atoms with Crippen LogP contribution in [0.2, 0.25) is 0 Å². The molecule has 2 aromatic rings. The van der Waals surface area contributed by atoms with Crippen molar-refractivity contribution in [3.8, 4) is 0 Å². The van der Waals surface area contributed by atoms with E-state index in [-0.39, 0.29) is 5.91 Å². The molecule has 1 amide bonds. The third-order valence-corrected chi connectivity index (χ3v) is 2.85. The smallest absolute Gasteiger partial charge is 0.222 e. The average Bonchev–Trinajstić information content (AvgIpc) is 2.48. The SMILES string of the molecule is CCC(=O)N(Cc1cccnc1)Cc1cccnc1. The van der Waals surface area contributed by atoms with Crippen LogP contribution in [0.25, 0.3) is 0 Å². The highest BCUT2D eigenvalue weighted by atomic mass is 16.2. The molecular weight excluding hydrogens is 238 g/mol. The Bertz CT molecular complexity index is 472. The third kappa shape index (κ3) is 3.88. The van der Waals surface area contributed by atoms with Crippen LogP contribution >= 0.6 is 0 Å². The van der Waals surface area contributed by atoms with E-state index in [9.17, 15) is 4.79 Å². The second-order valence-electron chi connectivity index (χ2n) is 4.33. The summed E-state index contributed by atoms with van der Waals surface area (Å²) < 4.78 is 0. The van der Waals surface area contributed by atoms with Crippen molar-refractivity contribution in [3.63, 3.8) is 0 Å². The molecule has 2 rings (SSSR count). The summed E-state index contributed by atoms with van der Waals surface area (Å²) in [6.45, 7) is 3.03. The molecule has 4 heteroatoms. The van der Waals surface area contributed by atoms with Crippen molar-refractivity contribution in [1.29, 1.82) is 0 Å². The Morgan fingerprint density at radius 2 is 1.58 bits per heavy atom. The Morgan fingerprint density at radius 3 is 1.95 bits per heavy atom. The number of rotatable bonds is 5. The molecule has 2 aromatic heterocycles. The summed E-state index contributed by atoms with van der Waals surface area (Å²) in [6, 6.07) is 7.72. The van der Waals surface area contributed by atoms with Gasteiger partial charge < -0.3 is 4.90 Å². The predicted octanol–water partition coefficient (Wildman–Crippen LogP) is 2.42. The van der Waals surface area contributed by atoms with Gasteiger partial charge in [-0.15, -0.1) is 0 Å². The average molecular weight is 255 g/mol. The summed E-state index contributed by atoms with van der Waals surface area (Å²) in [4.78, 5) is 22.0. The minimum atomic E-state index is 0.132. The van der Waals surface area contributed by atoms with E-state index in [1.54, 1.807) is 24.8 Å². The minimum Gasteiger partial charge on any atom is -0.334 e. The third-order valence-electron chi connectivity index (χ3n) is 2.85. The highest BCUT2D eigenvalue weighted by Gasteiger charge is 2.12. The first-order valence-electron chi connectivity index (χ1n) is 6.35. The maximum atomic E-state index is 12.0. The first-order valence-corrected chi connectivity index (χ1v) is 6.35. The van der Waals surface area contributed by atoms with Gasteiger partial charge in [-0.25, -0.2) is 0 Å². The van der Waals surface area contributed by atoms with Crippen molar-refractivity contribution < 1.29 is 4.79 Å². The number of aromatic nitrogens is 2. The van der Waals surface area contributed by atoms with Gasteiger partial charge in [-0.1, -0.05) is 19.1 Å². The number of carbonyl (C=O) groups excluding carboxylic acids is 1. The maximum Gasteiger partial charge on any atom is 0.222 e. The molecule has 4 nitrogen and oxygen atoms in total. The summed E-state index contributed by atoms with van der Waals surface area (Å²) >= 11 is 0. The summed E-state index contributed by atoms with van der Waals surface area (Å²) in [5, 5.41) is 0. The topological polar surface area (TPSA) is 46.1 Å². The molecular formula is C15H17N3O. The van der Waals surface area contributed by atoms with Gasteiger partial charge in [0.1, 0.15) is 0 Å². The van der Waals surface area contributed by atoms with Gasteiger partial charge in [-0.05, 0) is 23.3 Å². The van der Waals surface area contributed by atoms with Gasteiger partial charge >= 0.3 is 0 Å². The maximum absolute atomic E-state index is 12.0. The van der Waals surface area contributed by atoms with Crippen LogP contribution in [0.3, 0.4) is 0 Å². The lowest BCUT2D eigenvalue weighted by Crippen LogP contribution is -2.29. The zero-order valence-corrected chi connectivity index (χ0v) is 11.0. The van der Waals surface area contributed by atoms with Gasteiger partial charge in [0.25, 0.3) is 0 Å². The number of hydrogen-bond acceptors (Lipinski definition) is 3. The molecule has 0 aliphatic heterocycles. The highest BCUT2D eigenvalue weighted by Crippen LogP contribution is 2.10. The van der Waals surface area contributed by atoms with Gasteiger partial charge in [0.15, 0.2) is 0 Å². The number of amides is 1. The Kier molecular flexibility index (Phi) is 4.61. The van der Waals surface area contributed by atoms with E-state index >= 15 is 0 Å². The van der Waals surface area contributed by atoms with Crippen LogP contribution in [-0.4, -0.2) is 20.8 Å². The van der Waals surface area contributed by atoms with Gasteiger partial charge in [-0.3, -0.25) is 14.8 Å². The zero-order chi connectivity index (χ0) is 13.5. The van der Waals surface area contributed by atoms with Gasteiger partial charge in [0, 0.05) is 44.3 Å². The first kappa shape index (κ1) is 13.2. The molecule has 0 radical (unpaired) electrons. The quantitative estimate of drug-likeness (QED) is 0.824. The van der Waals surface area contributed by atoms with Crippen LogP contribution in [0.4, 0.5) is 0 Å². The molecule has 0 aromatic carbocycles. The lowest BCUT2D eigenvalue weighted by molar-refractivity contribution is -0.132. The summed E-state index contributed by atoms with van der Waals surface area (Å²) in [5.41, 5.74) is 2.07. The Hall–Kier alpha value is -2.23. The van der Waals surface area contributed by atoms with Crippen LogP contribution in [0.15, 0.2) is 49.1 Å². The molecule has 0 atom stereocenters. The van der Waals surface area contributed by atoms with Crippen LogP contribution in [0, 0.1) is 0 Å². The number of nitrogens with zero attached hydrogens (tertiary/aromatic N) is 3. The Morgan fingerprint density at radius 1 is 1.05 bits per heavy atom.